The van der Waals surface area contributed by atoms with Crippen LogP contribution in [-0.4, -0.2) is 15.5 Å². The molecule has 0 saturated heterocycles. The minimum Gasteiger partial charge on any atom is -0.322 e. The van der Waals surface area contributed by atoms with Gasteiger partial charge in [0, 0.05) is 11.3 Å². The van der Waals surface area contributed by atoms with Crippen molar-refractivity contribution in [2.24, 2.45) is 0 Å². The highest BCUT2D eigenvalue weighted by atomic mass is 19.1. The van der Waals surface area contributed by atoms with Crippen molar-refractivity contribution in [3.8, 4) is 0 Å². The number of para-hydroxylation sites is 1. The molecule has 6 heteroatoms. The van der Waals surface area contributed by atoms with E-state index in [1.165, 1.54) is 29.1 Å². The van der Waals surface area contributed by atoms with E-state index in [0.717, 1.165) is 0 Å². The molecule has 1 aromatic heterocycles. The van der Waals surface area contributed by atoms with Gasteiger partial charge in [-0.25, -0.2) is 9.37 Å². The molecule has 0 aliphatic carbocycles. The zero-order chi connectivity index (χ0) is 14.7. The smallest absolute Gasteiger partial charge is 0.256 e. The molecule has 0 spiro atoms. The molecule has 2 rings (SSSR count). The average molecular weight is 275 g/mol. The molecule has 1 amide bonds. The van der Waals surface area contributed by atoms with Gasteiger partial charge in [0.15, 0.2) is 0 Å². The third-order valence-electron chi connectivity index (χ3n) is 2.98. The van der Waals surface area contributed by atoms with Crippen LogP contribution in [0.5, 0.6) is 0 Å². The number of halogens is 1. The minimum atomic E-state index is -0.522. The SMILES string of the molecule is Cc1ncn(CC(=O)Nc2ccccc2F)c(=O)c1C. The normalized spacial score (nSPS) is 10.3. The first-order valence-corrected chi connectivity index (χ1v) is 6.06. The van der Waals surface area contributed by atoms with Crippen LogP contribution < -0.4 is 10.9 Å². The van der Waals surface area contributed by atoms with E-state index in [1.54, 1.807) is 19.9 Å². The van der Waals surface area contributed by atoms with Crippen molar-refractivity contribution in [1.29, 1.82) is 0 Å². The first-order chi connectivity index (χ1) is 9.49. The summed E-state index contributed by atoms with van der Waals surface area (Å²) in [6.07, 6.45) is 1.31. The third kappa shape index (κ3) is 2.90. The number of hydrogen-bond donors (Lipinski definition) is 1. The summed E-state index contributed by atoms with van der Waals surface area (Å²) < 4.78 is 14.6. The number of benzene rings is 1. The second-order valence-corrected chi connectivity index (χ2v) is 4.42. The highest BCUT2D eigenvalue weighted by Crippen LogP contribution is 2.12. The molecule has 0 aliphatic heterocycles. The number of nitrogens with one attached hydrogen (secondary N) is 1. The highest BCUT2D eigenvalue weighted by Gasteiger charge is 2.10. The van der Waals surface area contributed by atoms with Crippen LogP contribution >= 0.6 is 0 Å². The Balaban J connectivity index is 2.15. The molecule has 0 atom stereocenters. The van der Waals surface area contributed by atoms with Crippen LogP contribution in [0.4, 0.5) is 10.1 Å². The monoisotopic (exact) mass is 275 g/mol. The molecule has 1 aromatic carbocycles. The Morgan fingerprint density at radius 2 is 2.05 bits per heavy atom. The number of aryl methyl sites for hydroxylation is 1. The van der Waals surface area contributed by atoms with E-state index < -0.39 is 11.7 Å². The summed E-state index contributed by atoms with van der Waals surface area (Å²) in [6, 6.07) is 5.85. The predicted octanol–water partition coefficient (Wildman–Crippen LogP) is 1.64. The summed E-state index contributed by atoms with van der Waals surface area (Å²) in [5.41, 5.74) is 0.926. The van der Waals surface area contributed by atoms with Gasteiger partial charge in [0.1, 0.15) is 12.4 Å². The maximum Gasteiger partial charge on any atom is 0.256 e. The van der Waals surface area contributed by atoms with Crippen LogP contribution in [0.3, 0.4) is 0 Å². The fraction of sp³-hybridized carbons (Fsp3) is 0.214. The van der Waals surface area contributed by atoms with Gasteiger partial charge in [0.2, 0.25) is 5.91 Å². The van der Waals surface area contributed by atoms with E-state index in [1.807, 2.05) is 0 Å². The van der Waals surface area contributed by atoms with Gasteiger partial charge in [-0.15, -0.1) is 0 Å². The molecular weight excluding hydrogens is 261 g/mol. The zero-order valence-corrected chi connectivity index (χ0v) is 11.2. The van der Waals surface area contributed by atoms with Gasteiger partial charge < -0.3 is 5.32 Å². The van der Waals surface area contributed by atoms with Gasteiger partial charge in [-0.1, -0.05) is 12.1 Å². The van der Waals surface area contributed by atoms with E-state index >= 15 is 0 Å². The molecule has 2 aromatic rings. The van der Waals surface area contributed by atoms with Crippen LogP contribution in [0.25, 0.3) is 0 Å². The first-order valence-electron chi connectivity index (χ1n) is 6.06. The number of rotatable bonds is 3. The van der Waals surface area contributed by atoms with E-state index in [9.17, 15) is 14.0 Å². The summed E-state index contributed by atoms with van der Waals surface area (Å²) in [5, 5.41) is 2.42. The number of anilines is 1. The topological polar surface area (TPSA) is 64.0 Å². The summed E-state index contributed by atoms with van der Waals surface area (Å²) in [4.78, 5) is 27.8. The Labute approximate surface area is 115 Å². The number of aromatic nitrogens is 2. The number of nitrogens with zero attached hydrogens (tertiary/aromatic N) is 2. The number of carbonyl (C=O) groups is 1. The van der Waals surface area contributed by atoms with E-state index in [4.69, 9.17) is 0 Å². The van der Waals surface area contributed by atoms with Gasteiger partial charge >= 0.3 is 0 Å². The first kappa shape index (κ1) is 13.9. The predicted molar refractivity (Wildman–Crippen MR) is 73.0 cm³/mol. The highest BCUT2D eigenvalue weighted by molar-refractivity contribution is 5.90. The summed E-state index contributed by atoms with van der Waals surface area (Å²) in [7, 11) is 0. The quantitative estimate of drug-likeness (QED) is 0.926. The van der Waals surface area contributed by atoms with Crippen molar-refractivity contribution in [3.63, 3.8) is 0 Å². The van der Waals surface area contributed by atoms with Gasteiger partial charge in [0.05, 0.1) is 12.0 Å². The van der Waals surface area contributed by atoms with Gasteiger partial charge in [0.25, 0.3) is 5.56 Å². The molecule has 104 valence electrons. The summed E-state index contributed by atoms with van der Waals surface area (Å²) in [6.45, 7) is 3.16. The Hall–Kier alpha value is -2.50. The van der Waals surface area contributed by atoms with Crippen molar-refractivity contribution in [2.75, 3.05) is 5.32 Å². The maximum absolute atomic E-state index is 13.4. The molecule has 0 radical (unpaired) electrons. The van der Waals surface area contributed by atoms with Crippen molar-refractivity contribution in [1.82, 2.24) is 9.55 Å². The van der Waals surface area contributed by atoms with Crippen LogP contribution in [-0.2, 0) is 11.3 Å². The molecule has 1 heterocycles. The molecule has 0 fully saturated rings. The Kier molecular flexibility index (Phi) is 3.93. The molecule has 0 aliphatic rings. The second-order valence-electron chi connectivity index (χ2n) is 4.42. The lowest BCUT2D eigenvalue weighted by molar-refractivity contribution is -0.116. The molecule has 0 unspecified atom stereocenters. The zero-order valence-electron chi connectivity index (χ0n) is 11.2. The largest absolute Gasteiger partial charge is 0.322 e. The molecular formula is C14H14FN3O2. The molecule has 0 bridgehead atoms. The molecule has 0 saturated carbocycles. The van der Waals surface area contributed by atoms with Crippen molar-refractivity contribution in [3.05, 3.63) is 58.0 Å². The lowest BCUT2D eigenvalue weighted by Gasteiger charge is -2.09. The Morgan fingerprint density at radius 3 is 2.75 bits per heavy atom. The lowest BCUT2D eigenvalue weighted by atomic mass is 10.2. The van der Waals surface area contributed by atoms with E-state index in [2.05, 4.69) is 10.3 Å². The van der Waals surface area contributed by atoms with Crippen molar-refractivity contribution >= 4 is 11.6 Å². The number of hydrogen-bond acceptors (Lipinski definition) is 3. The number of carbonyl (C=O) groups excluding carboxylic acids is 1. The van der Waals surface area contributed by atoms with Crippen molar-refractivity contribution in [2.45, 2.75) is 20.4 Å². The van der Waals surface area contributed by atoms with Crippen molar-refractivity contribution < 1.29 is 9.18 Å². The summed E-state index contributed by atoms with van der Waals surface area (Å²) >= 11 is 0. The van der Waals surface area contributed by atoms with Gasteiger partial charge in [-0.05, 0) is 26.0 Å². The van der Waals surface area contributed by atoms with Gasteiger partial charge in [-0.3, -0.25) is 14.2 Å². The van der Waals surface area contributed by atoms with Crippen LogP contribution in [0.1, 0.15) is 11.3 Å². The lowest BCUT2D eigenvalue weighted by Crippen LogP contribution is -2.29. The standard InChI is InChI=1S/C14H14FN3O2/c1-9-10(2)16-8-18(14(9)20)7-13(19)17-12-6-4-3-5-11(12)15/h3-6,8H,7H2,1-2H3,(H,17,19). The minimum absolute atomic E-state index is 0.0855. The molecule has 5 nitrogen and oxygen atoms in total. The summed E-state index contributed by atoms with van der Waals surface area (Å²) in [5.74, 6) is -1.01. The van der Waals surface area contributed by atoms with E-state index in [-0.39, 0.29) is 17.8 Å². The average Bonchev–Trinajstić information content (AvgIpc) is 2.42. The van der Waals surface area contributed by atoms with Gasteiger partial charge in [-0.2, -0.15) is 0 Å². The van der Waals surface area contributed by atoms with E-state index in [0.29, 0.717) is 11.3 Å². The third-order valence-corrected chi connectivity index (χ3v) is 2.98. The maximum atomic E-state index is 13.4. The van der Waals surface area contributed by atoms with Crippen LogP contribution in [0.2, 0.25) is 0 Å². The van der Waals surface area contributed by atoms with Crippen LogP contribution in [0.15, 0.2) is 35.4 Å². The Bertz CT molecular complexity index is 710. The van der Waals surface area contributed by atoms with Crippen LogP contribution in [0, 0.1) is 19.7 Å². The number of amides is 1. The molecule has 20 heavy (non-hydrogen) atoms. The fourth-order valence-corrected chi connectivity index (χ4v) is 1.70. The molecule has 1 N–H and O–H groups in total. The Morgan fingerprint density at radius 1 is 1.35 bits per heavy atom. The second kappa shape index (κ2) is 5.64. The fourth-order valence-electron chi connectivity index (χ4n) is 1.70.